The lowest BCUT2D eigenvalue weighted by Crippen LogP contribution is -2.20. The maximum atomic E-state index is 10.6. The fourth-order valence-electron chi connectivity index (χ4n) is 1.57. The van der Waals surface area contributed by atoms with Crippen molar-refractivity contribution in [2.45, 2.75) is 32.7 Å². The van der Waals surface area contributed by atoms with Crippen LogP contribution in [0.3, 0.4) is 0 Å². The van der Waals surface area contributed by atoms with Crippen LogP contribution in [-0.2, 0) is 11.2 Å². The topological polar surface area (TPSA) is 49.3 Å². The number of carbonyl (C=O) groups is 1. The van der Waals surface area contributed by atoms with Gasteiger partial charge in [0.2, 0.25) is 0 Å². The Morgan fingerprint density at radius 1 is 1.56 bits per heavy atom. The molecule has 1 atom stereocenters. The highest BCUT2D eigenvalue weighted by Gasteiger charge is 2.09. The second-order valence-electron chi connectivity index (χ2n) is 3.80. The van der Waals surface area contributed by atoms with Crippen LogP contribution in [0.5, 0.6) is 0 Å². The lowest BCUT2D eigenvalue weighted by atomic mass is 10.1. The van der Waals surface area contributed by atoms with Crippen molar-refractivity contribution < 1.29 is 9.90 Å². The van der Waals surface area contributed by atoms with Crippen molar-refractivity contribution in [3.63, 3.8) is 0 Å². The zero-order chi connectivity index (χ0) is 12.1. The van der Waals surface area contributed by atoms with Gasteiger partial charge < -0.3 is 10.4 Å². The highest BCUT2D eigenvalue weighted by Crippen LogP contribution is 2.22. The average molecular weight is 286 g/mol. The molecular weight excluding hydrogens is 270 g/mol. The molecule has 1 unspecified atom stereocenters. The molecule has 2 N–H and O–H groups in total. The number of aliphatic carboxylic acids is 1. The van der Waals surface area contributed by atoms with E-state index < -0.39 is 5.97 Å². The van der Waals surface area contributed by atoms with E-state index in [1.54, 1.807) is 0 Å². The lowest BCUT2D eigenvalue weighted by Gasteiger charge is -2.16. The Balaban J connectivity index is 2.76. The molecule has 1 aromatic rings. The second-order valence-corrected chi connectivity index (χ2v) is 4.71. The summed E-state index contributed by atoms with van der Waals surface area (Å²) in [6.07, 6.45) is 1.04. The molecule has 0 bridgehead atoms. The Morgan fingerprint density at radius 2 is 2.25 bits per heavy atom. The van der Waals surface area contributed by atoms with Crippen LogP contribution in [0.1, 0.15) is 25.8 Å². The summed E-state index contributed by atoms with van der Waals surface area (Å²) in [5.74, 6) is -0.782. The average Bonchev–Trinajstić information content (AvgIpc) is 2.19. The molecule has 3 nitrogen and oxygen atoms in total. The van der Waals surface area contributed by atoms with Crippen molar-refractivity contribution in [3.8, 4) is 0 Å². The SMILES string of the molecule is CCc1cc(Br)ccc1NC(C)CC(=O)O. The minimum Gasteiger partial charge on any atom is -0.481 e. The van der Waals surface area contributed by atoms with Crippen LogP contribution in [0.15, 0.2) is 22.7 Å². The minimum absolute atomic E-state index is 0.0658. The van der Waals surface area contributed by atoms with Gasteiger partial charge in [0.05, 0.1) is 6.42 Å². The van der Waals surface area contributed by atoms with E-state index in [0.717, 1.165) is 16.6 Å². The Bertz CT molecular complexity index is 379. The molecule has 0 aliphatic rings. The van der Waals surface area contributed by atoms with Gasteiger partial charge in [-0.2, -0.15) is 0 Å². The zero-order valence-corrected chi connectivity index (χ0v) is 11.0. The fraction of sp³-hybridized carbons (Fsp3) is 0.417. The molecule has 0 aromatic heterocycles. The number of hydrogen-bond donors (Lipinski definition) is 2. The van der Waals surface area contributed by atoms with Crippen molar-refractivity contribution in [1.82, 2.24) is 0 Å². The van der Waals surface area contributed by atoms with E-state index in [4.69, 9.17) is 5.11 Å². The molecule has 4 heteroatoms. The number of nitrogens with one attached hydrogen (secondary N) is 1. The molecular formula is C12H16BrNO2. The number of hydrogen-bond acceptors (Lipinski definition) is 2. The summed E-state index contributed by atoms with van der Waals surface area (Å²) in [7, 11) is 0. The highest BCUT2D eigenvalue weighted by atomic mass is 79.9. The van der Waals surface area contributed by atoms with E-state index in [9.17, 15) is 4.79 Å². The van der Waals surface area contributed by atoms with Crippen LogP contribution in [0.2, 0.25) is 0 Å². The molecule has 88 valence electrons. The molecule has 0 spiro atoms. The van der Waals surface area contributed by atoms with Gasteiger partial charge in [-0.05, 0) is 37.1 Å². The molecule has 0 radical (unpaired) electrons. The monoisotopic (exact) mass is 285 g/mol. The number of rotatable bonds is 5. The smallest absolute Gasteiger partial charge is 0.305 e. The summed E-state index contributed by atoms with van der Waals surface area (Å²) in [6.45, 7) is 3.95. The van der Waals surface area contributed by atoms with Gasteiger partial charge in [-0.15, -0.1) is 0 Å². The standard InChI is InChI=1S/C12H16BrNO2/c1-3-9-7-10(13)4-5-11(9)14-8(2)6-12(15)16/h4-5,7-8,14H,3,6H2,1-2H3,(H,15,16). The number of carboxylic acid groups (broad SMARTS) is 1. The first kappa shape index (κ1) is 13.0. The number of benzene rings is 1. The van der Waals surface area contributed by atoms with Gasteiger partial charge in [-0.3, -0.25) is 4.79 Å². The number of carboxylic acids is 1. The summed E-state index contributed by atoms with van der Waals surface area (Å²) < 4.78 is 1.04. The second kappa shape index (κ2) is 5.89. The quantitative estimate of drug-likeness (QED) is 0.873. The first-order valence-corrected chi connectivity index (χ1v) is 6.09. The van der Waals surface area contributed by atoms with Gasteiger partial charge in [-0.25, -0.2) is 0 Å². The van der Waals surface area contributed by atoms with E-state index >= 15 is 0 Å². The molecule has 16 heavy (non-hydrogen) atoms. The minimum atomic E-state index is -0.782. The molecule has 0 saturated carbocycles. The van der Waals surface area contributed by atoms with E-state index in [0.29, 0.717) is 0 Å². The van der Waals surface area contributed by atoms with Crippen molar-refractivity contribution in [2.24, 2.45) is 0 Å². The number of aryl methyl sites for hydroxylation is 1. The van der Waals surface area contributed by atoms with Crippen LogP contribution in [-0.4, -0.2) is 17.1 Å². The summed E-state index contributed by atoms with van der Waals surface area (Å²) in [5, 5.41) is 11.9. The molecule has 0 aliphatic heterocycles. The molecule has 0 saturated heterocycles. The van der Waals surface area contributed by atoms with Gasteiger partial charge in [0.1, 0.15) is 0 Å². The van der Waals surface area contributed by atoms with Crippen molar-refractivity contribution in [3.05, 3.63) is 28.2 Å². The maximum absolute atomic E-state index is 10.6. The Morgan fingerprint density at radius 3 is 2.81 bits per heavy atom. The molecule has 0 amide bonds. The predicted octanol–water partition coefficient (Wildman–Crippen LogP) is 3.29. The number of anilines is 1. The van der Waals surface area contributed by atoms with Gasteiger partial charge >= 0.3 is 5.97 Å². The van der Waals surface area contributed by atoms with Gasteiger partial charge in [0, 0.05) is 16.2 Å². The van der Waals surface area contributed by atoms with E-state index in [-0.39, 0.29) is 12.5 Å². The highest BCUT2D eigenvalue weighted by molar-refractivity contribution is 9.10. The third-order valence-electron chi connectivity index (χ3n) is 2.33. The maximum Gasteiger partial charge on any atom is 0.305 e. The largest absolute Gasteiger partial charge is 0.481 e. The predicted molar refractivity (Wildman–Crippen MR) is 68.9 cm³/mol. The summed E-state index contributed by atoms with van der Waals surface area (Å²) in [5.41, 5.74) is 2.20. The van der Waals surface area contributed by atoms with Crippen LogP contribution < -0.4 is 5.32 Å². The third-order valence-corrected chi connectivity index (χ3v) is 2.82. The van der Waals surface area contributed by atoms with Crippen LogP contribution in [0.25, 0.3) is 0 Å². The molecule has 0 fully saturated rings. The van der Waals surface area contributed by atoms with Gasteiger partial charge in [0.25, 0.3) is 0 Å². The zero-order valence-electron chi connectivity index (χ0n) is 9.46. The first-order valence-electron chi connectivity index (χ1n) is 5.29. The van der Waals surface area contributed by atoms with Crippen LogP contribution in [0.4, 0.5) is 5.69 Å². The van der Waals surface area contributed by atoms with Gasteiger partial charge in [-0.1, -0.05) is 22.9 Å². The van der Waals surface area contributed by atoms with Gasteiger partial charge in [0.15, 0.2) is 0 Å². The third kappa shape index (κ3) is 3.85. The van der Waals surface area contributed by atoms with Crippen LogP contribution >= 0.6 is 15.9 Å². The Hall–Kier alpha value is -1.03. The summed E-state index contributed by atoms with van der Waals surface area (Å²) >= 11 is 3.42. The molecule has 1 aromatic carbocycles. The van der Waals surface area contributed by atoms with Crippen molar-refractivity contribution in [1.29, 1.82) is 0 Å². The van der Waals surface area contributed by atoms with E-state index in [1.807, 2.05) is 19.1 Å². The normalized spacial score (nSPS) is 12.2. The van der Waals surface area contributed by atoms with Crippen molar-refractivity contribution >= 4 is 27.6 Å². The molecule has 0 heterocycles. The van der Waals surface area contributed by atoms with Crippen molar-refractivity contribution in [2.75, 3.05) is 5.32 Å². The lowest BCUT2D eigenvalue weighted by molar-refractivity contribution is -0.137. The fourth-order valence-corrected chi connectivity index (χ4v) is 1.98. The first-order chi connectivity index (χ1) is 7.52. The Labute approximate surface area is 104 Å². The summed E-state index contributed by atoms with van der Waals surface area (Å²) in [6, 6.07) is 5.91. The number of halogens is 1. The molecule has 1 rings (SSSR count). The summed E-state index contributed by atoms with van der Waals surface area (Å²) in [4.78, 5) is 10.6. The van der Waals surface area contributed by atoms with E-state index in [2.05, 4.69) is 34.2 Å². The van der Waals surface area contributed by atoms with Crippen LogP contribution in [0, 0.1) is 0 Å². The molecule has 0 aliphatic carbocycles. The Kier molecular flexibility index (Phi) is 4.80. The van der Waals surface area contributed by atoms with E-state index in [1.165, 1.54) is 5.56 Å².